The van der Waals surface area contributed by atoms with Crippen LogP contribution in [0.3, 0.4) is 0 Å². The van der Waals surface area contributed by atoms with Gasteiger partial charge in [0.2, 0.25) is 10.0 Å². The average Bonchev–Trinajstić information content (AvgIpc) is 2.46. The van der Waals surface area contributed by atoms with Gasteiger partial charge in [-0.1, -0.05) is 29.8 Å². The molecule has 0 aliphatic heterocycles. The normalized spacial score (nSPS) is 11.6. The molecule has 1 N–H and O–H groups in total. The molecule has 0 radical (unpaired) electrons. The highest BCUT2D eigenvalue weighted by Crippen LogP contribution is 2.21. The van der Waals surface area contributed by atoms with Gasteiger partial charge in [0.1, 0.15) is 11.3 Å². The molecule has 118 valence electrons. The quantitative estimate of drug-likeness (QED) is 0.782. The summed E-state index contributed by atoms with van der Waals surface area (Å²) in [7, 11) is -3.74. The summed E-state index contributed by atoms with van der Waals surface area (Å²) < 4.78 is 39.8. The number of para-hydroxylation sites is 1. The van der Waals surface area contributed by atoms with Gasteiger partial charge in [-0.15, -0.1) is 0 Å². The van der Waals surface area contributed by atoms with Gasteiger partial charge in [-0.2, -0.15) is 0 Å². The second-order valence-corrected chi connectivity index (χ2v) is 6.98. The summed E-state index contributed by atoms with van der Waals surface area (Å²) in [6, 6.07) is 10.5. The van der Waals surface area contributed by atoms with Crippen molar-refractivity contribution in [2.75, 3.05) is 4.72 Å². The van der Waals surface area contributed by atoms with Crippen molar-refractivity contribution < 1.29 is 12.8 Å². The summed E-state index contributed by atoms with van der Waals surface area (Å²) >= 11 is 5.99. The predicted molar refractivity (Wildman–Crippen MR) is 87.2 cm³/mol. The number of nitrogens with one attached hydrogen (secondary N) is 1. The molecule has 0 amide bonds. The Kier molecular flexibility index (Phi) is 4.14. The topological polar surface area (TPSA) is 72.0 Å². The van der Waals surface area contributed by atoms with Gasteiger partial charge in [0.15, 0.2) is 5.82 Å². The molecule has 3 rings (SSSR count). The molecular formula is C15H11ClFN3O2S. The molecule has 0 fully saturated rings. The first-order chi connectivity index (χ1) is 10.9. The second kappa shape index (κ2) is 6.10. The molecule has 8 heteroatoms. The number of hydrogen-bond donors (Lipinski definition) is 1. The van der Waals surface area contributed by atoms with Gasteiger partial charge in [0.05, 0.1) is 22.5 Å². The number of fused-ring (bicyclic) bond motifs is 1. The fourth-order valence-corrected chi connectivity index (χ4v) is 3.42. The molecule has 0 aliphatic rings. The first-order valence-corrected chi connectivity index (χ1v) is 8.62. The SMILES string of the molecule is O=S(=O)(Cc1cccc(F)c1)Nc1cnc2c(Cl)cccc2n1. The van der Waals surface area contributed by atoms with Crippen LogP contribution in [0.1, 0.15) is 5.56 Å². The van der Waals surface area contributed by atoms with Crippen LogP contribution >= 0.6 is 11.6 Å². The van der Waals surface area contributed by atoms with E-state index >= 15 is 0 Å². The van der Waals surface area contributed by atoms with Crippen LogP contribution in [0.2, 0.25) is 5.02 Å². The van der Waals surface area contributed by atoms with Crippen LogP contribution in [0.25, 0.3) is 11.0 Å². The maximum atomic E-state index is 13.1. The minimum Gasteiger partial charge on any atom is -0.266 e. The Morgan fingerprint density at radius 2 is 1.96 bits per heavy atom. The minimum absolute atomic E-state index is 0.0798. The maximum Gasteiger partial charge on any atom is 0.238 e. The van der Waals surface area contributed by atoms with E-state index in [-0.39, 0.29) is 11.6 Å². The van der Waals surface area contributed by atoms with E-state index in [0.29, 0.717) is 21.6 Å². The van der Waals surface area contributed by atoms with Crippen LogP contribution in [0.5, 0.6) is 0 Å². The van der Waals surface area contributed by atoms with Crippen LogP contribution in [0, 0.1) is 5.82 Å². The zero-order chi connectivity index (χ0) is 16.4. The van der Waals surface area contributed by atoms with Gasteiger partial charge >= 0.3 is 0 Å². The third-order valence-electron chi connectivity index (χ3n) is 3.03. The Bertz CT molecular complexity index is 979. The lowest BCUT2D eigenvalue weighted by atomic mass is 10.2. The highest BCUT2D eigenvalue weighted by atomic mass is 35.5. The molecule has 3 aromatic rings. The molecule has 1 heterocycles. The van der Waals surface area contributed by atoms with Crippen LogP contribution in [-0.2, 0) is 15.8 Å². The number of rotatable bonds is 4. The highest BCUT2D eigenvalue weighted by Gasteiger charge is 2.14. The second-order valence-electron chi connectivity index (χ2n) is 4.85. The molecule has 23 heavy (non-hydrogen) atoms. The molecule has 0 bridgehead atoms. The Hall–Kier alpha value is -2.25. The number of sulfonamides is 1. The van der Waals surface area contributed by atoms with Gasteiger partial charge in [0, 0.05) is 0 Å². The zero-order valence-electron chi connectivity index (χ0n) is 11.7. The molecule has 5 nitrogen and oxygen atoms in total. The number of halogens is 2. The smallest absolute Gasteiger partial charge is 0.238 e. The van der Waals surface area contributed by atoms with Crippen molar-refractivity contribution in [2.45, 2.75) is 5.75 Å². The van der Waals surface area contributed by atoms with Gasteiger partial charge in [-0.25, -0.2) is 22.8 Å². The lowest BCUT2D eigenvalue weighted by Crippen LogP contribution is -2.16. The lowest BCUT2D eigenvalue weighted by molar-refractivity contribution is 0.599. The molecule has 0 spiro atoms. The van der Waals surface area contributed by atoms with Crippen molar-refractivity contribution in [3.63, 3.8) is 0 Å². The number of nitrogens with zero attached hydrogens (tertiary/aromatic N) is 2. The number of benzene rings is 2. The fourth-order valence-electron chi connectivity index (χ4n) is 2.10. The Morgan fingerprint density at radius 3 is 2.74 bits per heavy atom. The third kappa shape index (κ3) is 3.75. The van der Waals surface area contributed by atoms with E-state index < -0.39 is 15.8 Å². The van der Waals surface area contributed by atoms with Crippen molar-refractivity contribution in [1.29, 1.82) is 0 Å². The molecule has 0 saturated carbocycles. The van der Waals surface area contributed by atoms with E-state index in [1.54, 1.807) is 18.2 Å². The van der Waals surface area contributed by atoms with Gasteiger partial charge in [-0.05, 0) is 29.8 Å². The van der Waals surface area contributed by atoms with Gasteiger partial charge in [-0.3, -0.25) is 4.72 Å². The number of hydrogen-bond acceptors (Lipinski definition) is 4. The summed E-state index contributed by atoms with van der Waals surface area (Å²) in [5, 5.41) is 0.434. The molecule has 0 atom stereocenters. The van der Waals surface area contributed by atoms with E-state index in [1.165, 1.54) is 30.5 Å². The van der Waals surface area contributed by atoms with Crippen molar-refractivity contribution in [1.82, 2.24) is 9.97 Å². The predicted octanol–water partition coefficient (Wildman–Crippen LogP) is 3.36. The van der Waals surface area contributed by atoms with Crippen molar-refractivity contribution >= 4 is 38.5 Å². The molecule has 1 aromatic heterocycles. The lowest BCUT2D eigenvalue weighted by Gasteiger charge is -2.08. The first-order valence-electron chi connectivity index (χ1n) is 6.59. The summed E-state index contributed by atoms with van der Waals surface area (Å²) in [4.78, 5) is 8.27. The van der Waals surface area contributed by atoms with Crippen LogP contribution in [0.4, 0.5) is 10.2 Å². The average molecular weight is 352 g/mol. The van der Waals surface area contributed by atoms with E-state index in [1.807, 2.05) is 0 Å². The molecule has 0 unspecified atom stereocenters. The summed E-state index contributed by atoms with van der Waals surface area (Å²) in [5.74, 6) is -0.769. The van der Waals surface area contributed by atoms with E-state index in [9.17, 15) is 12.8 Å². The van der Waals surface area contributed by atoms with E-state index in [0.717, 1.165) is 0 Å². The minimum atomic E-state index is -3.74. The summed E-state index contributed by atoms with van der Waals surface area (Å²) in [5.41, 5.74) is 1.31. The molecule has 0 aliphatic carbocycles. The summed E-state index contributed by atoms with van der Waals surface area (Å²) in [6.07, 6.45) is 1.29. The largest absolute Gasteiger partial charge is 0.266 e. The van der Waals surface area contributed by atoms with Crippen molar-refractivity contribution in [3.05, 3.63) is 65.1 Å². The van der Waals surface area contributed by atoms with Gasteiger partial charge in [0.25, 0.3) is 0 Å². The van der Waals surface area contributed by atoms with Crippen molar-refractivity contribution in [3.8, 4) is 0 Å². The summed E-state index contributed by atoms with van der Waals surface area (Å²) in [6.45, 7) is 0. The molecule has 0 saturated heterocycles. The maximum absolute atomic E-state index is 13.1. The molecule has 2 aromatic carbocycles. The van der Waals surface area contributed by atoms with Crippen LogP contribution in [0.15, 0.2) is 48.7 Å². The Balaban J connectivity index is 1.85. The zero-order valence-corrected chi connectivity index (χ0v) is 13.3. The van der Waals surface area contributed by atoms with E-state index in [2.05, 4.69) is 14.7 Å². The Labute approximate surface area is 137 Å². The third-order valence-corrected chi connectivity index (χ3v) is 4.57. The number of anilines is 1. The van der Waals surface area contributed by atoms with E-state index in [4.69, 9.17) is 11.6 Å². The van der Waals surface area contributed by atoms with Crippen LogP contribution < -0.4 is 4.72 Å². The highest BCUT2D eigenvalue weighted by molar-refractivity contribution is 7.91. The van der Waals surface area contributed by atoms with Gasteiger partial charge < -0.3 is 0 Å². The van der Waals surface area contributed by atoms with Crippen LogP contribution in [-0.4, -0.2) is 18.4 Å². The monoisotopic (exact) mass is 351 g/mol. The standard InChI is InChI=1S/C15H11ClFN3O2S/c16-12-5-2-6-13-15(12)18-8-14(19-13)20-23(21,22)9-10-3-1-4-11(17)7-10/h1-8H,9H2,(H,19,20). The Morgan fingerprint density at radius 1 is 1.17 bits per heavy atom. The molecular weight excluding hydrogens is 341 g/mol. The first kappa shape index (κ1) is 15.6. The number of aromatic nitrogens is 2. The van der Waals surface area contributed by atoms with Crippen molar-refractivity contribution in [2.24, 2.45) is 0 Å². The fraction of sp³-hybridized carbons (Fsp3) is 0.0667.